The van der Waals surface area contributed by atoms with E-state index in [1.807, 2.05) is 23.5 Å². The summed E-state index contributed by atoms with van der Waals surface area (Å²) in [7, 11) is 1.86. The van der Waals surface area contributed by atoms with E-state index in [1.165, 1.54) is 11.3 Å². The first-order valence-electron chi connectivity index (χ1n) is 7.55. The van der Waals surface area contributed by atoms with Gasteiger partial charge in [0.15, 0.2) is 0 Å². The topological polar surface area (TPSA) is 71.2 Å². The van der Waals surface area contributed by atoms with Crippen molar-refractivity contribution in [1.82, 2.24) is 19.7 Å². The number of aryl methyl sites for hydroxylation is 1. The minimum atomic E-state index is 0.00632. The molecule has 0 saturated carbocycles. The first kappa shape index (κ1) is 15.2. The van der Waals surface area contributed by atoms with E-state index < -0.39 is 0 Å². The lowest BCUT2D eigenvalue weighted by atomic mass is 10.1. The highest BCUT2D eigenvalue weighted by Gasteiger charge is 2.30. The third kappa shape index (κ3) is 3.05. The van der Waals surface area contributed by atoms with Crippen LogP contribution in [0.2, 0.25) is 0 Å². The summed E-state index contributed by atoms with van der Waals surface area (Å²) in [6.45, 7) is 0.967. The van der Waals surface area contributed by atoms with E-state index in [9.17, 15) is 4.79 Å². The zero-order chi connectivity index (χ0) is 15.5. The number of aromatic nitrogens is 3. The Morgan fingerprint density at radius 1 is 1.55 bits per heavy atom. The molecule has 3 heterocycles. The van der Waals surface area contributed by atoms with Gasteiger partial charge in [-0.05, 0) is 25.7 Å². The van der Waals surface area contributed by atoms with Gasteiger partial charge in [0.05, 0.1) is 6.20 Å². The molecule has 7 heteroatoms. The second kappa shape index (κ2) is 6.58. The fraction of sp³-hybridized carbons (Fsp3) is 0.533. The predicted molar refractivity (Wildman–Crippen MR) is 84.7 cm³/mol. The lowest BCUT2D eigenvalue weighted by Gasteiger charge is -2.23. The summed E-state index contributed by atoms with van der Waals surface area (Å²) in [6, 6.07) is 0.239. The molecule has 1 saturated heterocycles. The highest BCUT2D eigenvalue weighted by Crippen LogP contribution is 2.27. The minimum absolute atomic E-state index is 0.00632. The number of amides is 1. The van der Waals surface area contributed by atoms with Crippen molar-refractivity contribution in [3.05, 3.63) is 23.5 Å². The van der Waals surface area contributed by atoms with Gasteiger partial charge in [0.2, 0.25) is 0 Å². The molecule has 0 aromatic carbocycles. The molecular formula is C15H20N4O2S. The summed E-state index contributed by atoms with van der Waals surface area (Å²) >= 11 is 1.47. The lowest BCUT2D eigenvalue weighted by molar-refractivity contribution is 0.0719. The van der Waals surface area contributed by atoms with Crippen molar-refractivity contribution in [3.63, 3.8) is 0 Å². The molecule has 1 amide bonds. The SMILES string of the molecule is Cn1cc(-c2nc(C(=O)N3CCCC3CCCO)cs2)cn1. The molecule has 2 aromatic rings. The number of hydrogen-bond donors (Lipinski definition) is 1. The van der Waals surface area contributed by atoms with E-state index in [-0.39, 0.29) is 18.6 Å². The fourth-order valence-electron chi connectivity index (χ4n) is 2.91. The van der Waals surface area contributed by atoms with E-state index in [4.69, 9.17) is 5.11 Å². The van der Waals surface area contributed by atoms with Crippen LogP contribution in [0.3, 0.4) is 0 Å². The smallest absolute Gasteiger partial charge is 0.273 e. The van der Waals surface area contributed by atoms with Crippen molar-refractivity contribution in [2.75, 3.05) is 13.2 Å². The van der Waals surface area contributed by atoms with Gasteiger partial charge in [0, 0.05) is 43.4 Å². The third-order valence-electron chi connectivity index (χ3n) is 4.01. The maximum Gasteiger partial charge on any atom is 0.273 e. The zero-order valence-corrected chi connectivity index (χ0v) is 13.4. The molecule has 1 fully saturated rings. The second-order valence-electron chi connectivity index (χ2n) is 5.60. The molecule has 3 rings (SSSR count). The quantitative estimate of drug-likeness (QED) is 0.913. The van der Waals surface area contributed by atoms with Crippen molar-refractivity contribution < 1.29 is 9.90 Å². The van der Waals surface area contributed by atoms with Crippen LogP contribution < -0.4 is 0 Å². The summed E-state index contributed by atoms with van der Waals surface area (Å²) < 4.78 is 1.73. The number of thiazole rings is 1. The summed E-state index contributed by atoms with van der Waals surface area (Å²) in [4.78, 5) is 19.0. The molecule has 0 aliphatic carbocycles. The Kier molecular flexibility index (Phi) is 4.54. The van der Waals surface area contributed by atoms with Gasteiger partial charge in [-0.3, -0.25) is 9.48 Å². The van der Waals surface area contributed by atoms with E-state index in [0.717, 1.165) is 42.8 Å². The number of nitrogens with zero attached hydrogens (tertiary/aromatic N) is 4. The monoisotopic (exact) mass is 320 g/mol. The normalized spacial score (nSPS) is 18.1. The van der Waals surface area contributed by atoms with Gasteiger partial charge in [0.1, 0.15) is 10.7 Å². The maximum atomic E-state index is 12.7. The Morgan fingerprint density at radius 3 is 3.14 bits per heavy atom. The fourth-order valence-corrected chi connectivity index (χ4v) is 3.68. The van der Waals surface area contributed by atoms with Crippen molar-refractivity contribution >= 4 is 17.2 Å². The maximum absolute atomic E-state index is 12.7. The van der Waals surface area contributed by atoms with Gasteiger partial charge in [-0.1, -0.05) is 0 Å². The van der Waals surface area contributed by atoms with Crippen molar-refractivity contribution in [2.45, 2.75) is 31.7 Å². The first-order valence-corrected chi connectivity index (χ1v) is 8.43. The van der Waals surface area contributed by atoms with Crippen molar-refractivity contribution in [2.24, 2.45) is 7.05 Å². The van der Waals surface area contributed by atoms with E-state index in [2.05, 4.69) is 10.1 Å². The lowest BCUT2D eigenvalue weighted by Crippen LogP contribution is -2.35. The summed E-state index contributed by atoms with van der Waals surface area (Å²) in [5, 5.41) is 15.8. The van der Waals surface area contributed by atoms with Gasteiger partial charge < -0.3 is 10.0 Å². The molecule has 1 unspecified atom stereocenters. The van der Waals surface area contributed by atoms with E-state index in [0.29, 0.717) is 5.69 Å². The number of carbonyl (C=O) groups is 1. The van der Waals surface area contributed by atoms with Crippen LogP contribution in [0.1, 0.15) is 36.2 Å². The molecule has 0 spiro atoms. The largest absolute Gasteiger partial charge is 0.396 e. The highest BCUT2D eigenvalue weighted by atomic mass is 32.1. The first-order chi connectivity index (χ1) is 10.7. The van der Waals surface area contributed by atoms with Gasteiger partial charge >= 0.3 is 0 Å². The third-order valence-corrected chi connectivity index (χ3v) is 4.90. The number of carbonyl (C=O) groups excluding carboxylic acids is 1. The molecule has 118 valence electrons. The van der Waals surface area contributed by atoms with Crippen molar-refractivity contribution in [3.8, 4) is 10.6 Å². The summed E-state index contributed by atoms with van der Waals surface area (Å²) in [5.41, 5.74) is 1.45. The standard InChI is InChI=1S/C15H20N4O2S/c1-18-9-11(8-16-18)14-17-13(10-22-14)15(21)19-6-2-4-12(19)5-3-7-20/h8-10,12,20H,2-7H2,1H3. The Balaban J connectivity index is 1.73. The highest BCUT2D eigenvalue weighted by molar-refractivity contribution is 7.13. The Morgan fingerprint density at radius 2 is 2.41 bits per heavy atom. The zero-order valence-electron chi connectivity index (χ0n) is 12.6. The van der Waals surface area contributed by atoms with Crippen LogP contribution >= 0.6 is 11.3 Å². The van der Waals surface area contributed by atoms with E-state index in [1.54, 1.807) is 10.9 Å². The molecule has 0 radical (unpaired) electrons. The van der Waals surface area contributed by atoms with Gasteiger partial charge in [0.25, 0.3) is 5.91 Å². The predicted octanol–water partition coefficient (Wildman–Crippen LogP) is 1.92. The molecule has 6 nitrogen and oxygen atoms in total. The summed E-state index contributed by atoms with van der Waals surface area (Å²) in [6.07, 6.45) is 7.31. The molecule has 2 aromatic heterocycles. The van der Waals surface area contributed by atoms with E-state index >= 15 is 0 Å². The van der Waals surface area contributed by atoms with Crippen LogP contribution in [-0.2, 0) is 7.05 Å². The van der Waals surface area contributed by atoms with Crippen LogP contribution in [0.4, 0.5) is 0 Å². The van der Waals surface area contributed by atoms with Crippen LogP contribution in [0.15, 0.2) is 17.8 Å². The minimum Gasteiger partial charge on any atom is -0.396 e. The van der Waals surface area contributed by atoms with Crippen molar-refractivity contribution in [1.29, 1.82) is 0 Å². The Hall–Kier alpha value is -1.73. The van der Waals surface area contributed by atoms with Gasteiger partial charge in [-0.25, -0.2) is 4.98 Å². The van der Waals surface area contributed by atoms with Crippen LogP contribution in [0.5, 0.6) is 0 Å². The molecule has 1 atom stereocenters. The average molecular weight is 320 g/mol. The molecule has 0 bridgehead atoms. The van der Waals surface area contributed by atoms with Crippen LogP contribution in [0.25, 0.3) is 10.6 Å². The Bertz CT molecular complexity index is 652. The molecule has 22 heavy (non-hydrogen) atoms. The van der Waals surface area contributed by atoms with Crippen LogP contribution in [0, 0.1) is 0 Å². The average Bonchev–Trinajstić information content (AvgIpc) is 3.24. The van der Waals surface area contributed by atoms with Crippen LogP contribution in [-0.4, -0.2) is 49.9 Å². The van der Waals surface area contributed by atoms with Gasteiger partial charge in [-0.15, -0.1) is 11.3 Å². The second-order valence-corrected chi connectivity index (χ2v) is 6.46. The number of aliphatic hydroxyl groups excluding tert-OH is 1. The molecular weight excluding hydrogens is 300 g/mol. The number of likely N-dealkylation sites (tertiary alicyclic amines) is 1. The molecule has 1 N–H and O–H groups in total. The molecule has 1 aliphatic heterocycles. The molecule has 1 aliphatic rings. The number of rotatable bonds is 5. The van der Waals surface area contributed by atoms with Gasteiger partial charge in [-0.2, -0.15) is 5.10 Å². The number of aliphatic hydroxyl groups is 1. The summed E-state index contributed by atoms with van der Waals surface area (Å²) in [5.74, 6) is 0.00632. The Labute approximate surface area is 133 Å². The number of hydrogen-bond acceptors (Lipinski definition) is 5.